The van der Waals surface area contributed by atoms with E-state index in [1.54, 1.807) is 59.9 Å². The van der Waals surface area contributed by atoms with Gasteiger partial charge in [0, 0.05) is 91.1 Å². The van der Waals surface area contributed by atoms with Crippen LogP contribution in [0.25, 0.3) is 33.2 Å². The molecule has 11 heterocycles. The first-order chi connectivity index (χ1) is 68.4. The zero-order valence-corrected chi connectivity index (χ0v) is 82.6. The van der Waals surface area contributed by atoms with Crippen molar-refractivity contribution in [3.8, 4) is 17.4 Å². The maximum absolute atomic E-state index is 12.2. The molecule has 141 heavy (non-hydrogen) atoms. The maximum Gasteiger partial charge on any atom is 0.491 e. The molecule has 706 valence electrons. The van der Waals surface area contributed by atoms with Gasteiger partial charge >= 0.3 is 68.5 Å². The molecule has 0 spiro atoms. The molecule has 0 saturated heterocycles. The predicted molar refractivity (Wildman–Crippen MR) is 579 cm³/mol. The molecule has 0 aliphatic carbocycles. The van der Waals surface area contributed by atoms with Crippen LogP contribution in [0, 0.1) is 18.3 Å². The van der Waals surface area contributed by atoms with Crippen molar-refractivity contribution in [3.63, 3.8) is 0 Å². The zero-order chi connectivity index (χ0) is 98.4. The number of amides is 3. The summed E-state index contributed by atoms with van der Waals surface area (Å²) in [6, 6.07) is 93.5. The van der Waals surface area contributed by atoms with Gasteiger partial charge in [0.1, 0.15) is 0 Å². The molecule has 0 fully saturated rings. The van der Waals surface area contributed by atoms with E-state index in [1.165, 1.54) is 104 Å². The summed E-state index contributed by atoms with van der Waals surface area (Å²) in [4.78, 5) is 26.7. The number of anilines is 4. The molecule has 0 bridgehead atoms. The van der Waals surface area contributed by atoms with Crippen molar-refractivity contribution in [2.24, 2.45) is 0 Å². The number of sulfonamides is 1. The smallest absolute Gasteiger partial charge is 0.446 e. The lowest BCUT2D eigenvalue weighted by atomic mass is 9.62. The fourth-order valence-corrected chi connectivity index (χ4v) is 22.1. The van der Waals surface area contributed by atoms with Crippen molar-refractivity contribution >= 4 is 202 Å². The number of carbonyl (C=O) groups excluding carboxylic acids is 2. The van der Waals surface area contributed by atoms with Crippen LogP contribution in [0.2, 0.25) is 53.6 Å². The second kappa shape index (κ2) is 46.2. The average molecular weight is 1930 g/mol. The van der Waals surface area contributed by atoms with Crippen LogP contribution in [0.4, 0.5) is 27.5 Å². The van der Waals surface area contributed by atoms with E-state index in [0.717, 1.165) is 116 Å². The first kappa shape index (κ1) is 100. The van der Waals surface area contributed by atoms with Crippen molar-refractivity contribution in [1.29, 1.82) is 5.26 Å². The number of fused-ring (bicyclic) bond motifs is 11. The van der Waals surface area contributed by atoms with Crippen LogP contribution in [-0.4, -0.2) is 118 Å². The molecule has 34 heteroatoms. The maximum atomic E-state index is 12.2. The number of nitrogens with one attached hydrogen (secondary N) is 4. The zero-order valence-electron chi connectivity index (χ0n) is 80.2. The van der Waals surface area contributed by atoms with Gasteiger partial charge in [-0.25, -0.2) is 13.2 Å². The summed E-state index contributed by atoms with van der Waals surface area (Å²) in [5.41, 5.74) is 30.9. The SMILES string of the molecule is CB1OCc2cc3c(cc21)COB3O.CB1OCc2ccc(NC(=O)Nc3ccccc3)cc21.CB1OCc2ccc(NC(C)=O)cc21.CB1OCc2ccc(NS(=O)(=O)c3ccccc3)cc21.CB1OCc2cccc(C)c21.CB1OCc2cccc(CO)c21.N#CCCSc1cn(-c2ccc3c(c2)B(O)CC3)c2ccccc12.OB1CCc2ccc(-n3cc(Sc4ccccc4)c4ccccc43)cc21. The summed E-state index contributed by atoms with van der Waals surface area (Å²) in [5.74, 6) is 0.754. The van der Waals surface area contributed by atoms with Gasteiger partial charge in [-0.3, -0.25) is 9.52 Å². The number of urea groups is 1. The van der Waals surface area contributed by atoms with E-state index in [0.29, 0.717) is 58.7 Å². The predicted octanol–water partition coefficient (Wildman–Crippen LogP) is 14.6. The molecule has 3 amide bonds. The number of aromatic nitrogens is 2. The minimum atomic E-state index is -3.54. The molecule has 0 unspecified atom stereocenters. The Balaban J connectivity index is 0.000000113. The molecular formula is C107H108B9N7O15S3. The highest BCUT2D eigenvalue weighted by atomic mass is 32.2. The first-order valence-electron chi connectivity index (χ1n) is 47.8. The topological polar surface area (TPSA) is 296 Å². The Morgan fingerprint density at radius 3 is 1.40 bits per heavy atom. The number of aliphatic hydroxyl groups is 1. The fraction of sp³-hybridized carbons (Fsp3) is 0.206. The van der Waals surface area contributed by atoms with Crippen molar-refractivity contribution < 1.29 is 70.8 Å². The second-order valence-corrected chi connectivity index (χ2v) is 40.0. The van der Waals surface area contributed by atoms with Crippen LogP contribution in [0.5, 0.6) is 0 Å². The van der Waals surface area contributed by atoms with Gasteiger partial charge in [0.15, 0.2) is 0 Å². The van der Waals surface area contributed by atoms with Crippen molar-refractivity contribution in [2.75, 3.05) is 26.4 Å². The molecule has 9 aliphatic heterocycles. The summed E-state index contributed by atoms with van der Waals surface area (Å²) in [5, 5.41) is 58.6. The van der Waals surface area contributed by atoms with Gasteiger partial charge in [-0.1, -0.05) is 239 Å². The van der Waals surface area contributed by atoms with E-state index < -0.39 is 17.1 Å². The normalized spacial score (nSPS) is 14.3. The van der Waals surface area contributed by atoms with Crippen LogP contribution in [-0.2, 0) is 113 Å². The average Bonchev–Trinajstić information content (AvgIpc) is 1.64. The molecule has 2 aromatic heterocycles. The number of rotatable bonds is 14. The number of aliphatic hydroxyl groups excluding tert-OH is 1. The van der Waals surface area contributed by atoms with Crippen LogP contribution >= 0.6 is 23.5 Å². The molecule has 0 saturated carbocycles. The van der Waals surface area contributed by atoms with Gasteiger partial charge in [0.2, 0.25) is 5.91 Å². The van der Waals surface area contributed by atoms with Gasteiger partial charge < -0.3 is 77.8 Å². The fourth-order valence-electron chi connectivity index (χ4n) is 19.1. The first-order valence-corrected chi connectivity index (χ1v) is 51.0. The summed E-state index contributed by atoms with van der Waals surface area (Å²) >= 11 is 3.51. The highest BCUT2D eigenvalue weighted by Gasteiger charge is 2.35. The summed E-state index contributed by atoms with van der Waals surface area (Å²) < 4.78 is 69.7. The summed E-state index contributed by atoms with van der Waals surface area (Å²) in [6.45, 7) is 20.6. The Kier molecular flexibility index (Phi) is 32.9. The van der Waals surface area contributed by atoms with Gasteiger partial charge in [-0.05, 0) is 235 Å². The Morgan fingerprint density at radius 2 is 0.851 bits per heavy atom. The quantitative estimate of drug-likeness (QED) is 0.0285. The molecule has 24 rings (SSSR count). The minimum absolute atomic E-state index is 0.00572. The van der Waals surface area contributed by atoms with E-state index in [2.05, 4.69) is 189 Å². The van der Waals surface area contributed by atoms with Crippen LogP contribution in [0.3, 0.4) is 0 Å². The lowest BCUT2D eigenvalue weighted by Crippen LogP contribution is -2.32. The van der Waals surface area contributed by atoms with Crippen LogP contribution in [0.1, 0.15) is 74.5 Å². The number of thioether (sulfide) groups is 1. The molecule has 0 radical (unpaired) electrons. The summed E-state index contributed by atoms with van der Waals surface area (Å²) in [6.07, 6.45) is 8.49. The number of nitrogens with zero attached hydrogens (tertiary/aromatic N) is 3. The van der Waals surface area contributed by atoms with E-state index in [4.69, 9.17) is 42.9 Å². The highest BCUT2D eigenvalue weighted by Crippen LogP contribution is 2.38. The molecular weight excluding hydrogens is 1820 g/mol. The summed E-state index contributed by atoms with van der Waals surface area (Å²) in [7, 11) is -4.28. The number of hydrogen-bond donors (Lipinski definition) is 8. The van der Waals surface area contributed by atoms with Crippen molar-refractivity contribution in [1.82, 2.24) is 9.13 Å². The highest BCUT2D eigenvalue weighted by molar-refractivity contribution is 7.99. The number of nitriles is 1. The Morgan fingerprint density at radius 1 is 0.418 bits per heavy atom. The molecule has 13 aromatic carbocycles. The third kappa shape index (κ3) is 24.1. The molecule has 9 aliphatic rings. The Labute approximate surface area is 836 Å². The number of benzene rings is 13. The number of carbonyl (C=O) groups is 2. The standard InChI is InChI=1S/C22H18BNOS.C19H17BN2OS.C15H15BN2O2.C14H14BNO3S.C10H12BNO2.C9H10B2O3.C9H11BO2.C9H11BO/c25-23-13-12-16-10-11-17(14-20(16)23)24-15-22(19-8-4-5-9-21(19)24)26-18-6-2-1-3-7-18;21-10-3-11-24-19-13-22(18-5-2-1-4-16(18)19)15-7-6-14-8-9-20(23)17(14)12-15;1-16-14-9-13(8-7-11(14)10-20-16)18-15(19)17-12-5-3-2-4-6-12;1-15-14-9-12(8-7-11(14)10-19-15)16-20(17,18)13-5-3-2-4-6-13;1-7(13)12-9-4-3-8-6-14-11(2)10(8)5-9;1-10-8-2-7-5-14-11(12)9(7)3-6(8)4-13-10;1-10-9-7(5-11)3-2-4-8(9)6-12-10;1-7-4-3-5-8-6-11-10(2)9(7)8/h1-11,14-15,25H,12-13H2;1-2,4-7,12-13,23H,3,8-9,11H2;2-9H,10H2,1H3,(H2,17,18,19);2-9,16H,10H2,1H3;3-5H,6H2,1-2H3,(H,12,13);2-3,12H,4-5H2,1H3;2-4,11H,5-6H2,1H3;3-5H,6H2,1-2H3. The number of hydrogen-bond acceptors (Lipinski definition) is 18. The Bertz CT molecular complexity index is 7160. The van der Waals surface area contributed by atoms with E-state index >= 15 is 0 Å². The third-order valence-electron chi connectivity index (χ3n) is 26.5. The van der Waals surface area contributed by atoms with Crippen LogP contribution < -0.4 is 69.8 Å². The molecule has 8 N–H and O–H groups in total. The molecule has 15 aromatic rings. The van der Waals surface area contributed by atoms with E-state index in [-0.39, 0.29) is 71.8 Å². The van der Waals surface area contributed by atoms with Crippen LogP contribution in [0.15, 0.2) is 311 Å². The number of aryl methyl sites for hydroxylation is 3. The molecule has 22 nitrogen and oxygen atoms in total. The lowest BCUT2D eigenvalue weighted by molar-refractivity contribution is -0.114. The van der Waals surface area contributed by atoms with Crippen molar-refractivity contribution in [2.45, 2.75) is 159 Å². The van der Waals surface area contributed by atoms with Crippen molar-refractivity contribution in [3.05, 3.63) is 353 Å². The molecule has 0 atom stereocenters. The van der Waals surface area contributed by atoms with Gasteiger partial charge in [0.25, 0.3) is 10.0 Å². The Hall–Kier alpha value is -12.2. The lowest BCUT2D eigenvalue weighted by Gasteiger charge is -2.09. The third-order valence-corrected chi connectivity index (χ3v) is 30.0. The monoisotopic (exact) mass is 1930 g/mol. The van der Waals surface area contributed by atoms with E-state index in [9.17, 15) is 33.1 Å². The number of para-hydroxylation sites is 3. The van der Waals surface area contributed by atoms with Gasteiger partial charge in [-0.2, -0.15) is 5.26 Å². The largest absolute Gasteiger partial charge is 0.491 e. The van der Waals surface area contributed by atoms with Gasteiger partial charge in [0.05, 0.1) is 74.9 Å². The second-order valence-electron chi connectivity index (χ2n) is 36.0. The minimum Gasteiger partial charge on any atom is -0.446 e. The van der Waals surface area contributed by atoms with E-state index in [1.807, 2.05) is 149 Å². The van der Waals surface area contributed by atoms with Gasteiger partial charge in [-0.15, -0.1) is 11.8 Å².